The SMILES string of the molecule is CC(=O)Nc1ccc(CN2CCC[C@H](c3cccc(Cc4ccccc4F)n3)C2)cc1. The molecule has 1 fully saturated rings. The van der Waals surface area contributed by atoms with Crippen molar-refractivity contribution in [3.05, 3.63) is 95.1 Å². The zero-order chi connectivity index (χ0) is 21.6. The van der Waals surface area contributed by atoms with Crippen LogP contribution in [0.4, 0.5) is 10.1 Å². The summed E-state index contributed by atoms with van der Waals surface area (Å²) in [5.41, 5.74) is 4.74. The molecule has 2 heterocycles. The van der Waals surface area contributed by atoms with Crippen molar-refractivity contribution in [1.82, 2.24) is 9.88 Å². The van der Waals surface area contributed by atoms with Crippen LogP contribution >= 0.6 is 0 Å². The lowest BCUT2D eigenvalue weighted by molar-refractivity contribution is -0.114. The third-order valence-corrected chi connectivity index (χ3v) is 5.76. The molecule has 5 heteroatoms. The van der Waals surface area contributed by atoms with Gasteiger partial charge in [-0.15, -0.1) is 0 Å². The second kappa shape index (κ2) is 9.84. The second-order valence-corrected chi connectivity index (χ2v) is 8.27. The highest BCUT2D eigenvalue weighted by Crippen LogP contribution is 2.27. The van der Waals surface area contributed by atoms with E-state index in [1.807, 2.05) is 36.4 Å². The summed E-state index contributed by atoms with van der Waals surface area (Å²) in [4.78, 5) is 18.5. The van der Waals surface area contributed by atoms with Crippen molar-refractivity contribution in [2.75, 3.05) is 18.4 Å². The number of pyridine rings is 1. The van der Waals surface area contributed by atoms with Gasteiger partial charge in [0, 0.05) is 49.4 Å². The molecule has 0 unspecified atom stereocenters. The van der Waals surface area contributed by atoms with Gasteiger partial charge in [-0.1, -0.05) is 36.4 Å². The van der Waals surface area contributed by atoms with Crippen LogP contribution in [0.25, 0.3) is 0 Å². The van der Waals surface area contributed by atoms with Gasteiger partial charge in [0.05, 0.1) is 0 Å². The fraction of sp³-hybridized carbons (Fsp3) is 0.308. The molecule has 3 aromatic rings. The summed E-state index contributed by atoms with van der Waals surface area (Å²) in [5.74, 6) is 0.146. The molecule has 1 N–H and O–H groups in total. The number of anilines is 1. The van der Waals surface area contributed by atoms with Gasteiger partial charge in [-0.3, -0.25) is 14.7 Å². The third-order valence-electron chi connectivity index (χ3n) is 5.76. The van der Waals surface area contributed by atoms with Crippen molar-refractivity contribution in [3.8, 4) is 0 Å². The first-order chi connectivity index (χ1) is 15.1. The van der Waals surface area contributed by atoms with E-state index in [4.69, 9.17) is 4.98 Å². The van der Waals surface area contributed by atoms with E-state index in [0.717, 1.165) is 49.6 Å². The molecule has 0 aliphatic carbocycles. The second-order valence-electron chi connectivity index (χ2n) is 8.27. The number of hydrogen-bond acceptors (Lipinski definition) is 3. The minimum atomic E-state index is -0.178. The number of carbonyl (C=O) groups excluding carboxylic acids is 1. The van der Waals surface area contributed by atoms with Crippen LogP contribution in [0.3, 0.4) is 0 Å². The average molecular weight is 418 g/mol. The molecule has 1 aromatic heterocycles. The van der Waals surface area contributed by atoms with Crippen LogP contribution in [0.15, 0.2) is 66.7 Å². The number of piperidine rings is 1. The molecular formula is C26H28FN3O. The Morgan fingerprint density at radius 3 is 2.68 bits per heavy atom. The predicted molar refractivity (Wildman–Crippen MR) is 121 cm³/mol. The number of hydrogen-bond donors (Lipinski definition) is 1. The van der Waals surface area contributed by atoms with Gasteiger partial charge in [0.2, 0.25) is 5.91 Å². The van der Waals surface area contributed by atoms with Crippen LogP contribution < -0.4 is 5.32 Å². The maximum absolute atomic E-state index is 14.0. The third kappa shape index (κ3) is 5.76. The fourth-order valence-electron chi connectivity index (χ4n) is 4.26. The zero-order valence-corrected chi connectivity index (χ0v) is 17.9. The summed E-state index contributed by atoms with van der Waals surface area (Å²) >= 11 is 0. The van der Waals surface area contributed by atoms with Crippen LogP contribution in [0, 0.1) is 5.82 Å². The minimum Gasteiger partial charge on any atom is -0.326 e. The van der Waals surface area contributed by atoms with Gasteiger partial charge < -0.3 is 5.32 Å². The van der Waals surface area contributed by atoms with Gasteiger partial charge in [0.25, 0.3) is 0 Å². The smallest absolute Gasteiger partial charge is 0.221 e. The first-order valence-electron chi connectivity index (χ1n) is 10.8. The molecule has 0 radical (unpaired) electrons. The van der Waals surface area contributed by atoms with Crippen molar-refractivity contribution >= 4 is 11.6 Å². The van der Waals surface area contributed by atoms with Crippen LogP contribution in [0.5, 0.6) is 0 Å². The van der Waals surface area contributed by atoms with Crippen LogP contribution in [0.2, 0.25) is 0 Å². The summed E-state index contributed by atoms with van der Waals surface area (Å²) in [6.45, 7) is 4.43. The van der Waals surface area contributed by atoms with Crippen molar-refractivity contribution in [2.45, 2.75) is 38.6 Å². The number of rotatable bonds is 6. The summed E-state index contributed by atoms with van der Waals surface area (Å²) in [5, 5.41) is 2.81. The van der Waals surface area contributed by atoms with Gasteiger partial charge in [0.1, 0.15) is 5.82 Å². The number of amides is 1. The highest BCUT2D eigenvalue weighted by atomic mass is 19.1. The Hall–Kier alpha value is -3.05. The van der Waals surface area contributed by atoms with Crippen molar-refractivity contribution < 1.29 is 9.18 Å². The van der Waals surface area contributed by atoms with E-state index in [2.05, 4.69) is 28.4 Å². The van der Waals surface area contributed by atoms with Crippen LogP contribution in [-0.4, -0.2) is 28.9 Å². The number of aromatic nitrogens is 1. The zero-order valence-electron chi connectivity index (χ0n) is 17.9. The molecule has 1 aliphatic heterocycles. The first-order valence-corrected chi connectivity index (χ1v) is 10.8. The predicted octanol–water partition coefficient (Wildman–Crippen LogP) is 5.15. The Kier molecular flexibility index (Phi) is 6.73. The van der Waals surface area contributed by atoms with Gasteiger partial charge in [-0.25, -0.2) is 4.39 Å². The van der Waals surface area contributed by atoms with Gasteiger partial charge in [-0.05, 0) is 60.8 Å². The lowest BCUT2D eigenvalue weighted by Crippen LogP contribution is -2.34. The quantitative estimate of drug-likeness (QED) is 0.603. The first kappa shape index (κ1) is 21.2. The lowest BCUT2D eigenvalue weighted by Gasteiger charge is -2.32. The molecular weight excluding hydrogens is 389 g/mol. The summed E-state index contributed by atoms with van der Waals surface area (Å²) in [7, 11) is 0. The Balaban J connectivity index is 1.40. The topological polar surface area (TPSA) is 45.2 Å². The van der Waals surface area contributed by atoms with Crippen molar-refractivity contribution in [1.29, 1.82) is 0 Å². The maximum Gasteiger partial charge on any atom is 0.221 e. The molecule has 1 saturated heterocycles. The Morgan fingerprint density at radius 2 is 1.90 bits per heavy atom. The molecule has 1 atom stereocenters. The van der Waals surface area contributed by atoms with Crippen molar-refractivity contribution in [2.24, 2.45) is 0 Å². The highest BCUT2D eigenvalue weighted by molar-refractivity contribution is 5.88. The molecule has 160 valence electrons. The van der Waals surface area contributed by atoms with E-state index in [-0.39, 0.29) is 11.7 Å². The van der Waals surface area contributed by atoms with Gasteiger partial charge >= 0.3 is 0 Å². The number of halogens is 1. The molecule has 0 saturated carbocycles. The molecule has 2 aromatic carbocycles. The summed E-state index contributed by atoms with van der Waals surface area (Å²) < 4.78 is 14.0. The highest BCUT2D eigenvalue weighted by Gasteiger charge is 2.22. The normalized spacial score (nSPS) is 16.8. The van der Waals surface area contributed by atoms with Gasteiger partial charge in [0.15, 0.2) is 0 Å². The molecule has 4 rings (SSSR count). The van der Waals surface area contributed by atoms with E-state index in [1.54, 1.807) is 6.07 Å². The van der Waals surface area contributed by atoms with E-state index in [0.29, 0.717) is 17.9 Å². The van der Waals surface area contributed by atoms with E-state index < -0.39 is 0 Å². The fourth-order valence-corrected chi connectivity index (χ4v) is 4.26. The van der Waals surface area contributed by atoms with Crippen LogP contribution in [-0.2, 0) is 17.8 Å². The van der Waals surface area contributed by atoms with E-state index in [9.17, 15) is 9.18 Å². The lowest BCUT2D eigenvalue weighted by atomic mass is 9.93. The van der Waals surface area contributed by atoms with Gasteiger partial charge in [-0.2, -0.15) is 0 Å². The number of benzene rings is 2. The molecule has 1 aliphatic rings. The minimum absolute atomic E-state index is 0.0589. The Labute approximate surface area is 183 Å². The Morgan fingerprint density at radius 1 is 1.10 bits per heavy atom. The van der Waals surface area contributed by atoms with Crippen molar-refractivity contribution in [3.63, 3.8) is 0 Å². The Bertz CT molecular complexity index is 1030. The number of nitrogens with zero attached hydrogens (tertiary/aromatic N) is 2. The number of likely N-dealkylation sites (tertiary alicyclic amines) is 1. The summed E-state index contributed by atoms with van der Waals surface area (Å²) in [6.07, 6.45) is 2.76. The van der Waals surface area contributed by atoms with E-state index >= 15 is 0 Å². The maximum atomic E-state index is 14.0. The molecule has 4 nitrogen and oxygen atoms in total. The standard InChI is InChI=1S/C26H28FN3O/c1-19(31)28-23-13-11-20(12-14-23)17-30-15-5-7-22(18-30)26-10-4-8-24(29-26)16-21-6-2-3-9-25(21)27/h2-4,6,8-14,22H,5,7,15-18H2,1H3,(H,28,31)/t22-/m0/s1. The number of carbonyl (C=O) groups is 1. The van der Waals surface area contributed by atoms with E-state index in [1.165, 1.54) is 18.6 Å². The number of nitrogens with one attached hydrogen (secondary N) is 1. The largest absolute Gasteiger partial charge is 0.326 e. The molecule has 0 spiro atoms. The van der Waals surface area contributed by atoms with Crippen LogP contribution in [0.1, 0.15) is 48.2 Å². The average Bonchev–Trinajstić information content (AvgIpc) is 2.77. The molecule has 0 bridgehead atoms. The molecule has 31 heavy (non-hydrogen) atoms. The molecule has 1 amide bonds. The monoisotopic (exact) mass is 417 g/mol. The summed E-state index contributed by atoms with van der Waals surface area (Å²) in [6, 6.07) is 21.1.